The van der Waals surface area contributed by atoms with E-state index in [1.807, 2.05) is 11.3 Å². The smallest absolute Gasteiger partial charge is 0.278 e. The Kier molecular flexibility index (Phi) is 5.13. The Morgan fingerprint density at radius 2 is 2.13 bits per heavy atom. The molecule has 1 aliphatic rings. The number of thiophene rings is 1. The maximum atomic E-state index is 12.8. The fourth-order valence-electron chi connectivity index (χ4n) is 3.36. The van der Waals surface area contributed by atoms with Crippen LogP contribution in [0.5, 0.6) is 0 Å². The number of carbonyl (C=O) groups excluding carboxylic acids is 1. The summed E-state index contributed by atoms with van der Waals surface area (Å²) in [6.07, 6.45) is 2.08. The van der Waals surface area contributed by atoms with E-state index in [1.165, 1.54) is 21.6 Å². The van der Waals surface area contributed by atoms with Crippen molar-refractivity contribution in [3.63, 3.8) is 0 Å². The summed E-state index contributed by atoms with van der Waals surface area (Å²) in [6, 6.07) is 10.7. The Hall–Kier alpha value is -1.65. The molecule has 122 valence electrons. The summed E-state index contributed by atoms with van der Waals surface area (Å²) in [5.74, 6) is 0.253. The van der Waals surface area contributed by atoms with E-state index in [0.717, 1.165) is 25.9 Å². The molecule has 0 saturated heterocycles. The second-order valence-corrected chi connectivity index (χ2v) is 7.18. The van der Waals surface area contributed by atoms with Gasteiger partial charge in [-0.2, -0.15) is 0 Å². The summed E-state index contributed by atoms with van der Waals surface area (Å²) in [5, 5.41) is 4.29. The molecule has 2 heterocycles. The zero-order chi connectivity index (χ0) is 16.2. The highest BCUT2D eigenvalue weighted by molar-refractivity contribution is 7.10. The van der Waals surface area contributed by atoms with Crippen LogP contribution in [0.25, 0.3) is 0 Å². The molecule has 2 N–H and O–H groups in total. The highest BCUT2D eigenvalue weighted by Crippen LogP contribution is 2.38. The molecule has 0 saturated carbocycles. The summed E-state index contributed by atoms with van der Waals surface area (Å²) in [5.41, 5.74) is 3.84. The highest BCUT2D eigenvalue weighted by atomic mass is 32.1. The van der Waals surface area contributed by atoms with Crippen LogP contribution in [0.4, 0.5) is 0 Å². The van der Waals surface area contributed by atoms with Crippen LogP contribution in [0.1, 0.15) is 41.0 Å². The molecule has 1 atom stereocenters. The van der Waals surface area contributed by atoms with Gasteiger partial charge in [0.05, 0.1) is 12.6 Å². The van der Waals surface area contributed by atoms with Crippen molar-refractivity contribution in [3.8, 4) is 0 Å². The van der Waals surface area contributed by atoms with Crippen molar-refractivity contribution in [2.45, 2.75) is 32.7 Å². The van der Waals surface area contributed by atoms with Crippen LogP contribution in [-0.2, 0) is 11.2 Å². The van der Waals surface area contributed by atoms with Crippen molar-refractivity contribution >= 4 is 17.2 Å². The van der Waals surface area contributed by atoms with Crippen molar-refractivity contribution in [3.05, 3.63) is 57.3 Å². The number of nitrogens with two attached hydrogens (primary N) is 1. The van der Waals surface area contributed by atoms with Gasteiger partial charge in [0.15, 0.2) is 6.54 Å². The van der Waals surface area contributed by atoms with Gasteiger partial charge in [-0.25, -0.2) is 0 Å². The second-order valence-electron chi connectivity index (χ2n) is 6.18. The number of amides is 1. The third kappa shape index (κ3) is 3.33. The van der Waals surface area contributed by atoms with E-state index in [1.54, 1.807) is 0 Å². The summed E-state index contributed by atoms with van der Waals surface area (Å²) < 4.78 is 0. The lowest BCUT2D eigenvalue weighted by Gasteiger charge is -2.36. The minimum Gasteiger partial charge on any atom is -0.338 e. The number of carbonyl (C=O) groups is 1. The number of hydrogen-bond donors (Lipinski definition) is 1. The molecule has 0 spiro atoms. The lowest BCUT2D eigenvalue weighted by atomic mass is 9.90. The van der Waals surface area contributed by atoms with Gasteiger partial charge in [0, 0.05) is 11.4 Å². The first-order valence-corrected chi connectivity index (χ1v) is 9.33. The zero-order valence-corrected chi connectivity index (χ0v) is 14.7. The molecule has 0 radical (unpaired) electrons. The zero-order valence-electron chi connectivity index (χ0n) is 13.9. The monoisotopic (exact) mass is 329 g/mol. The van der Waals surface area contributed by atoms with E-state index < -0.39 is 0 Å². The summed E-state index contributed by atoms with van der Waals surface area (Å²) in [4.78, 5) is 16.3. The minimum atomic E-state index is 0.0775. The van der Waals surface area contributed by atoms with Gasteiger partial charge >= 0.3 is 0 Å². The van der Waals surface area contributed by atoms with Gasteiger partial charge in [-0.3, -0.25) is 4.79 Å². The molecule has 1 aromatic heterocycles. The molecule has 2 aromatic rings. The third-order valence-electron chi connectivity index (χ3n) is 4.58. The van der Waals surface area contributed by atoms with Crippen LogP contribution in [0.15, 0.2) is 35.7 Å². The molecule has 1 aliphatic heterocycles. The highest BCUT2D eigenvalue weighted by Gasteiger charge is 2.33. The topological polar surface area (TPSA) is 36.9 Å². The number of fused-ring (bicyclic) bond motifs is 1. The first-order valence-electron chi connectivity index (χ1n) is 8.45. The fourth-order valence-corrected chi connectivity index (χ4v) is 4.26. The Balaban J connectivity index is 1.93. The normalized spacial score (nSPS) is 17.1. The fraction of sp³-hybridized carbons (Fsp3) is 0.421. The van der Waals surface area contributed by atoms with Crippen molar-refractivity contribution < 1.29 is 10.1 Å². The van der Waals surface area contributed by atoms with Crippen LogP contribution < -0.4 is 5.32 Å². The number of hydrogen-bond acceptors (Lipinski definition) is 2. The average Bonchev–Trinajstić information content (AvgIpc) is 3.03. The third-order valence-corrected chi connectivity index (χ3v) is 5.58. The van der Waals surface area contributed by atoms with Gasteiger partial charge in [-0.1, -0.05) is 31.2 Å². The predicted molar refractivity (Wildman–Crippen MR) is 94.7 cm³/mol. The Morgan fingerprint density at radius 1 is 1.30 bits per heavy atom. The van der Waals surface area contributed by atoms with Crippen LogP contribution in [-0.4, -0.2) is 30.4 Å². The average molecular weight is 329 g/mol. The van der Waals surface area contributed by atoms with Crippen molar-refractivity contribution in [2.24, 2.45) is 0 Å². The van der Waals surface area contributed by atoms with Crippen molar-refractivity contribution in [1.29, 1.82) is 0 Å². The van der Waals surface area contributed by atoms with Crippen LogP contribution in [0.2, 0.25) is 0 Å². The predicted octanol–water partition coefficient (Wildman–Crippen LogP) is 2.50. The Labute approximate surface area is 142 Å². The quantitative estimate of drug-likeness (QED) is 0.841. The molecule has 0 unspecified atom stereocenters. The number of quaternary nitrogens is 1. The maximum absolute atomic E-state index is 12.8. The maximum Gasteiger partial charge on any atom is 0.278 e. The lowest BCUT2D eigenvalue weighted by Crippen LogP contribution is -2.86. The van der Waals surface area contributed by atoms with E-state index in [9.17, 15) is 4.79 Å². The van der Waals surface area contributed by atoms with E-state index in [4.69, 9.17) is 0 Å². The Morgan fingerprint density at radius 3 is 2.91 bits per heavy atom. The first kappa shape index (κ1) is 16.2. The minimum absolute atomic E-state index is 0.0775. The molecule has 23 heavy (non-hydrogen) atoms. The SMILES string of the molecule is CCC[NH2+]CC(=O)N1CCc2sccc2[C@H]1c1ccccc1C. The van der Waals surface area contributed by atoms with Gasteiger partial charge in [0.2, 0.25) is 0 Å². The summed E-state index contributed by atoms with van der Waals surface area (Å²) in [7, 11) is 0. The van der Waals surface area contributed by atoms with Crippen molar-refractivity contribution in [2.75, 3.05) is 19.6 Å². The molecule has 3 nitrogen and oxygen atoms in total. The summed E-state index contributed by atoms with van der Waals surface area (Å²) in [6.45, 7) is 6.68. The number of aryl methyl sites for hydroxylation is 1. The van der Waals surface area contributed by atoms with Gasteiger partial charge in [-0.15, -0.1) is 11.3 Å². The van der Waals surface area contributed by atoms with Crippen LogP contribution in [0.3, 0.4) is 0 Å². The Bertz CT molecular complexity index is 680. The van der Waals surface area contributed by atoms with Gasteiger partial charge in [-0.05, 0) is 47.9 Å². The van der Waals surface area contributed by atoms with E-state index in [-0.39, 0.29) is 11.9 Å². The molecule has 0 fully saturated rings. The molecular weight excluding hydrogens is 304 g/mol. The molecule has 1 aromatic carbocycles. The molecular formula is C19H25N2OS+. The second kappa shape index (κ2) is 7.28. The van der Waals surface area contributed by atoms with E-state index in [0.29, 0.717) is 6.54 Å². The van der Waals surface area contributed by atoms with Crippen LogP contribution in [0, 0.1) is 6.92 Å². The number of benzene rings is 1. The number of rotatable bonds is 5. The standard InChI is InChI=1S/C19H24N2OS/c1-3-10-20-13-18(22)21-11-8-17-16(9-12-23-17)19(21)15-7-5-4-6-14(15)2/h4-7,9,12,19-20H,3,8,10-11,13H2,1-2H3/p+1/t19-/m1/s1. The van der Waals surface area contributed by atoms with Crippen molar-refractivity contribution in [1.82, 2.24) is 4.90 Å². The largest absolute Gasteiger partial charge is 0.338 e. The molecule has 0 aliphatic carbocycles. The summed E-state index contributed by atoms with van der Waals surface area (Å²) >= 11 is 1.82. The molecule has 0 bridgehead atoms. The molecule has 4 heteroatoms. The van der Waals surface area contributed by atoms with Gasteiger partial charge in [0.25, 0.3) is 5.91 Å². The van der Waals surface area contributed by atoms with Crippen LogP contribution >= 0.6 is 11.3 Å². The van der Waals surface area contributed by atoms with Gasteiger partial charge in [0.1, 0.15) is 0 Å². The first-order chi connectivity index (χ1) is 11.2. The molecule has 1 amide bonds. The van der Waals surface area contributed by atoms with Gasteiger partial charge < -0.3 is 10.2 Å². The van der Waals surface area contributed by atoms with E-state index >= 15 is 0 Å². The lowest BCUT2D eigenvalue weighted by molar-refractivity contribution is -0.644. The number of nitrogens with zero attached hydrogens (tertiary/aromatic N) is 1. The molecule has 3 rings (SSSR count). The van der Waals surface area contributed by atoms with E-state index in [2.05, 4.69) is 59.8 Å².